The number of rotatable bonds is 9. The maximum atomic E-state index is 13.0. The molecular formula is C31H37N5O4. The molecular weight excluding hydrogens is 506 g/mol. The average molecular weight is 544 g/mol. The lowest BCUT2D eigenvalue weighted by Crippen LogP contribution is -2.50. The lowest BCUT2D eigenvalue weighted by atomic mass is 10.2. The summed E-state index contributed by atoms with van der Waals surface area (Å²) in [6.07, 6.45) is 0.741. The van der Waals surface area contributed by atoms with Crippen LogP contribution in [0.4, 0.5) is 21.9 Å². The van der Waals surface area contributed by atoms with Gasteiger partial charge in [-0.25, -0.2) is 4.79 Å². The van der Waals surface area contributed by atoms with E-state index in [1.54, 1.807) is 36.3 Å². The van der Waals surface area contributed by atoms with E-state index in [1.807, 2.05) is 67.3 Å². The van der Waals surface area contributed by atoms with E-state index in [0.717, 1.165) is 23.4 Å². The first-order valence-electron chi connectivity index (χ1n) is 13.6. The summed E-state index contributed by atoms with van der Waals surface area (Å²) < 4.78 is 5.16. The number of nitrogens with one attached hydrogen (secondary N) is 2. The predicted molar refractivity (Wildman–Crippen MR) is 158 cm³/mol. The molecule has 9 heteroatoms. The molecule has 4 rings (SSSR count). The molecule has 0 atom stereocenters. The van der Waals surface area contributed by atoms with Crippen LogP contribution in [0.5, 0.6) is 5.75 Å². The highest BCUT2D eigenvalue weighted by Crippen LogP contribution is 2.21. The summed E-state index contributed by atoms with van der Waals surface area (Å²) in [7, 11) is 1.58. The first-order chi connectivity index (χ1) is 19.4. The second-order valence-corrected chi connectivity index (χ2v) is 9.82. The molecule has 2 N–H and O–H groups in total. The summed E-state index contributed by atoms with van der Waals surface area (Å²) >= 11 is 0. The quantitative estimate of drug-likeness (QED) is 0.403. The molecule has 0 aliphatic carbocycles. The van der Waals surface area contributed by atoms with Crippen molar-refractivity contribution in [2.45, 2.75) is 20.3 Å². The SMILES string of the molecule is CCCN(CC(=O)Nc1ccc(N2CCN(C(=O)Nc3cccc(C)c3)CC2)cc1)C(=O)c1ccc(OC)cc1. The van der Waals surface area contributed by atoms with E-state index in [2.05, 4.69) is 15.5 Å². The van der Waals surface area contributed by atoms with Crippen LogP contribution in [0.1, 0.15) is 29.3 Å². The third-order valence-corrected chi connectivity index (χ3v) is 6.80. The normalized spacial score (nSPS) is 13.0. The van der Waals surface area contributed by atoms with Gasteiger partial charge in [-0.05, 0) is 79.6 Å². The van der Waals surface area contributed by atoms with Crippen LogP contribution in [0.3, 0.4) is 0 Å². The Morgan fingerprint density at radius 1 is 0.875 bits per heavy atom. The third-order valence-electron chi connectivity index (χ3n) is 6.80. The van der Waals surface area contributed by atoms with Gasteiger partial charge in [0.25, 0.3) is 5.91 Å². The van der Waals surface area contributed by atoms with Crippen LogP contribution in [-0.4, -0.2) is 74.0 Å². The Morgan fingerprint density at radius 2 is 1.57 bits per heavy atom. The topological polar surface area (TPSA) is 94.2 Å². The van der Waals surface area contributed by atoms with Gasteiger partial charge >= 0.3 is 6.03 Å². The molecule has 3 aromatic rings. The van der Waals surface area contributed by atoms with Crippen molar-refractivity contribution >= 4 is 34.9 Å². The molecule has 40 heavy (non-hydrogen) atoms. The lowest BCUT2D eigenvalue weighted by Gasteiger charge is -2.36. The number of anilines is 3. The van der Waals surface area contributed by atoms with E-state index >= 15 is 0 Å². The summed E-state index contributed by atoms with van der Waals surface area (Å²) in [5.41, 5.74) is 4.10. The van der Waals surface area contributed by atoms with Crippen molar-refractivity contribution in [2.24, 2.45) is 0 Å². The number of carbonyl (C=O) groups excluding carboxylic acids is 3. The van der Waals surface area contributed by atoms with Gasteiger partial charge < -0.3 is 30.1 Å². The number of hydrogen-bond acceptors (Lipinski definition) is 5. The van der Waals surface area contributed by atoms with Crippen molar-refractivity contribution in [3.05, 3.63) is 83.9 Å². The first kappa shape index (κ1) is 28.5. The molecule has 0 radical (unpaired) electrons. The van der Waals surface area contributed by atoms with Crippen LogP contribution in [-0.2, 0) is 4.79 Å². The Kier molecular flexibility index (Phi) is 9.62. The number of urea groups is 1. The van der Waals surface area contributed by atoms with Gasteiger partial charge in [-0.3, -0.25) is 9.59 Å². The van der Waals surface area contributed by atoms with E-state index in [0.29, 0.717) is 49.7 Å². The summed E-state index contributed by atoms with van der Waals surface area (Å²) in [6, 6.07) is 22.2. The van der Waals surface area contributed by atoms with E-state index in [4.69, 9.17) is 4.74 Å². The minimum absolute atomic E-state index is 0.0347. The Morgan fingerprint density at radius 3 is 2.20 bits per heavy atom. The van der Waals surface area contributed by atoms with Gasteiger partial charge in [0.15, 0.2) is 0 Å². The second kappa shape index (κ2) is 13.5. The Hall–Kier alpha value is -4.53. The average Bonchev–Trinajstić information content (AvgIpc) is 2.97. The van der Waals surface area contributed by atoms with Gasteiger partial charge in [-0.1, -0.05) is 19.1 Å². The zero-order valence-electron chi connectivity index (χ0n) is 23.4. The number of aryl methyl sites for hydroxylation is 1. The van der Waals surface area contributed by atoms with E-state index < -0.39 is 0 Å². The van der Waals surface area contributed by atoms with Crippen LogP contribution in [0.15, 0.2) is 72.8 Å². The van der Waals surface area contributed by atoms with Gasteiger partial charge in [0, 0.05) is 55.3 Å². The molecule has 0 spiro atoms. The molecule has 4 amide bonds. The van der Waals surface area contributed by atoms with E-state index in [-0.39, 0.29) is 24.4 Å². The van der Waals surface area contributed by atoms with Gasteiger partial charge in [0.2, 0.25) is 5.91 Å². The monoisotopic (exact) mass is 543 g/mol. The lowest BCUT2D eigenvalue weighted by molar-refractivity contribution is -0.116. The summed E-state index contributed by atoms with van der Waals surface area (Å²) in [5, 5.41) is 5.88. The molecule has 1 fully saturated rings. The van der Waals surface area contributed by atoms with Gasteiger partial charge in [-0.15, -0.1) is 0 Å². The van der Waals surface area contributed by atoms with Crippen molar-refractivity contribution in [3.8, 4) is 5.75 Å². The highest BCUT2D eigenvalue weighted by molar-refractivity contribution is 5.99. The van der Waals surface area contributed by atoms with Gasteiger partial charge in [-0.2, -0.15) is 0 Å². The number of piperazine rings is 1. The maximum absolute atomic E-state index is 13.0. The maximum Gasteiger partial charge on any atom is 0.321 e. The van der Waals surface area contributed by atoms with Gasteiger partial charge in [0.05, 0.1) is 7.11 Å². The van der Waals surface area contributed by atoms with E-state index in [1.165, 1.54) is 0 Å². The minimum Gasteiger partial charge on any atom is -0.497 e. The fourth-order valence-electron chi connectivity index (χ4n) is 4.66. The standard InChI is InChI=1S/C31H37N5O4/c1-4-16-36(30(38)24-8-14-28(40-3)15-9-24)22-29(37)32-25-10-12-27(13-11-25)34-17-19-35(20-18-34)31(39)33-26-7-5-6-23(2)21-26/h5-15,21H,4,16-20,22H2,1-3H3,(H,32,37)(H,33,39). The van der Waals surface area contributed by atoms with Crippen LogP contribution in [0.25, 0.3) is 0 Å². The number of benzene rings is 3. The van der Waals surface area contributed by atoms with Gasteiger partial charge in [0.1, 0.15) is 12.3 Å². The molecule has 9 nitrogen and oxygen atoms in total. The first-order valence-corrected chi connectivity index (χ1v) is 13.6. The van der Waals surface area contributed by atoms with Crippen molar-refractivity contribution in [3.63, 3.8) is 0 Å². The van der Waals surface area contributed by atoms with Crippen LogP contribution in [0, 0.1) is 6.92 Å². The smallest absolute Gasteiger partial charge is 0.321 e. The van der Waals surface area contributed by atoms with Crippen molar-refractivity contribution in [1.82, 2.24) is 9.80 Å². The van der Waals surface area contributed by atoms with Crippen molar-refractivity contribution in [2.75, 3.05) is 61.9 Å². The molecule has 1 saturated heterocycles. The van der Waals surface area contributed by atoms with Crippen LogP contribution < -0.4 is 20.3 Å². The predicted octanol–water partition coefficient (Wildman–Crippen LogP) is 4.85. The number of nitrogens with zero attached hydrogens (tertiary/aromatic N) is 3. The fourth-order valence-corrected chi connectivity index (χ4v) is 4.66. The number of carbonyl (C=O) groups is 3. The van der Waals surface area contributed by atoms with Crippen LogP contribution >= 0.6 is 0 Å². The fraction of sp³-hybridized carbons (Fsp3) is 0.323. The Bertz CT molecular complexity index is 1300. The summed E-state index contributed by atoms with van der Waals surface area (Å²) in [5.74, 6) is 0.225. The number of methoxy groups -OCH3 is 1. The third kappa shape index (κ3) is 7.53. The van der Waals surface area contributed by atoms with Crippen molar-refractivity contribution < 1.29 is 19.1 Å². The second-order valence-electron chi connectivity index (χ2n) is 9.82. The molecule has 0 aromatic heterocycles. The molecule has 1 aliphatic heterocycles. The molecule has 0 unspecified atom stereocenters. The largest absolute Gasteiger partial charge is 0.497 e. The minimum atomic E-state index is -0.253. The zero-order valence-corrected chi connectivity index (χ0v) is 23.4. The number of amides is 4. The number of hydrogen-bond donors (Lipinski definition) is 2. The highest BCUT2D eigenvalue weighted by atomic mass is 16.5. The molecule has 0 saturated carbocycles. The molecule has 1 aliphatic rings. The van der Waals surface area contributed by atoms with Crippen LogP contribution in [0.2, 0.25) is 0 Å². The molecule has 210 valence electrons. The number of ether oxygens (including phenoxy) is 1. The molecule has 0 bridgehead atoms. The highest BCUT2D eigenvalue weighted by Gasteiger charge is 2.22. The summed E-state index contributed by atoms with van der Waals surface area (Å²) in [4.78, 5) is 44.0. The zero-order chi connectivity index (χ0) is 28.5. The molecule has 1 heterocycles. The van der Waals surface area contributed by atoms with Crippen molar-refractivity contribution in [1.29, 1.82) is 0 Å². The Labute approximate surface area is 235 Å². The Balaban J connectivity index is 1.27. The molecule has 3 aromatic carbocycles. The summed E-state index contributed by atoms with van der Waals surface area (Å²) in [6.45, 7) is 7.08. The van der Waals surface area contributed by atoms with E-state index in [9.17, 15) is 14.4 Å².